The van der Waals surface area contributed by atoms with Crippen LogP contribution in [0.2, 0.25) is 0 Å². The summed E-state index contributed by atoms with van der Waals surface area (Å²) in [6.45, 7) is -0.467. The van der Waals surface area contributed by atoms with Crippen molar-refractivity contribution in [2.75, 3.05) is 18.9 Å². The number of carbonyl (C=O) groups excluding carboxylic acids is 1. The smallest absolute Gasteiger partial charge is 0.373 e. The van der Waals surface area contributed by atoms with Gasteiger partial charge in [0.05, 0.1) is 6.42 Å². The standard InChI is InChI=1S/C14H14F3N3O/c1-18-12-10-5-3-2-4-9(10)8-11(20-12)13(21)19-7-6-14(15,16)17/h2-5,8H,6-7H2,1H3,(H,18,20)(H,19,21). The third-order valence-electron chi connectivity index (χ3n) is 2.90. The molecule has 0 spiro atoms. The number of nitrogens with one attached hydrogen (secondary N) is 2. The normalized spacial score (nSPS) is 11.4. The summed E-state index contributed by atoms with van der Waals surface area (Å²) in [5.74, 6) is -0.115. The fraction of sp³-hybridized carbons (Fsp3) is 0.286. The van der Waals surface area contributed by atoms with E-state index in [1.54, 1.807) is 13.1 Å². The van der Waals surface area contributed by atoms with E-state index < -0.39 is 25.0 Å². The molecule has 1 aromatic heterocycles. The van der Waals surface area contributed by atoms with Crippen LogP contribution >= 0.6 is 0 Å². The van der Waals surface area contributed by atoms with Gasteiger partial charge in [-0.2, -0.15) is 13.2 Å². The third kappa shape index (κ3) is 3.84. The van der Waals surface area contributed by atoms with Gasteiger partial charge in [-0.25, -0.2) is 4.98 Å². The molecule has 0 aliphatic heterocycles. The van der Waals surface area contributed by atoms with Crippen LogP contribution < -0.4 is 10.6 Å². The Balaban J connectivity index is 2.20. The summed E-state index contributed by atoms with van der Waals surface area (Å²) >= 11 is 0. The van der Waals surface area contributed by atoms with Gasteiger partial charge in [0, 0.05) is 19.0 Å². The highest BCUT2D eigenvalue weighted by Crippen LogP contribution is 2.22. The number of rotatable bonds is 4. The van der Waals surface area contributed by atoms with Gasteiger partial charge >= 0.3 is 6.18 Å². The fourth-order valence-electron chi connectivity index (χ4n) is 1.91. The molecule has 7 heteroatoms. The molecule has 2 N–H and O–H groups in total. The number of fused-ring (bicyclic) bond motifs is 1. The number of aromatic nitrogens is 1. The van der Waals surface area contributed by atoms with E-state index in [1.807, 2.05) is 24.3 Å². The lowest BCUT2D eigenvalue weighted by Crippen LogP contribution is -2.28. The van der Waals surface area contributed by atoms with Gasteiger partial charge in [0.25, 0.3) is 5.91 Å². The maximum Gasteiger partial charge on any atom is 0.390 e. The zero-order valence-electron chi connectivity index (χ0n) is 11.3. The molecule has 1 amide bonds. The lowest BCUT2D eigenvalue weighted by molar-refractivity contribution is -0.132. The first kappa shape index (κ1) is 15.1. The topological polar surface area (TPSA) is 54.0 Å². The predicted octanol–water partition coefficient (Wildman–Crippen LogP) is 2.96. The average Bonchev–Trinajstić information content (AvgIpc) is 2.44. The van der Waals surface area contributed by atoms with Crippen molar-refractivity contribution in [3.8, 4) is 0 Å². The first-order chi connectivity index (χ1) is 9.90. The van der Waals surface area contributed by atoms with E-state index in [1.165, 1.54) is 0 Å². The van der Waals surface area contributed by atoms with Crippen LogP contribution in [-0.4, -0.2) is 30.7 Å². The van der Waals surface area contributed by atoms with Crippen LogP contribution in [0, 0.1) is 0 Å². The second kappa shape index (κ2) is 5.99. The van der Waals surface area contributed by atoms with Gasteiger partial charge in [0.2, 0.25) is 0 Å². The molecule has 1 heterocycles. The number of nitrogens with zero attached hydrogens (tertiary/aromatic N) is 1. The van der Waals surface area contributed by atoms with Crippen molar-refractivity contribution in [3.63, 3.8) is 0 Å². The molecule has 2 rings (SSSR count). The first-order valence-electron chi connectivity index (χ1n) is 6.33. The van der Waals surface area contributed by atoms with Crippen LogP contribution in [0.5, 0.6) is 0 Å². The Morgan fingerprint density at radius 3 is 2.67 bits per heavy atom. The maximum absolute atomic E-state index is 12.1. The van der Waals surface area contributed by atoms with Crippen LogP contribution in [0.3, 0.4) is 0 Å². The zero-order valence-corrected chi connectivity index (χ0v) is 11.3. The Labute approximate surface area is 119 Å². The number of amides is 1. The zero-order chi connectivity index (χ0) is 15.5. The number of halogens is 3. The second-order valence-electron chi connectivity index (χ2n) is 4.45. The van der Waals surface area contributed by atoms with Crippen molar-refractivity contribution in [2.24, 2.45) is 0 Å². The van der Waals surface area contributed by atoms with E-state index in [-0.39, 0.29) is 5.69 Å². The van der Waals surface area contributed by atoms with Crippen LogP contribution in [0.25, 0.3) is 10.8 Å². The molecule has 0 unspecified atom stereocenters. The van der Waals surface area contributed by atoms with Crippen molar-refractivity contribution >= 4 is 22.5 Å². The molecule has 0 aliphatic rings. The predicted molar refractivity (Wildman–Crippen MR) is 74.3 cm³/mol. The van der Waals surface area contributed by atoms with E-state index in [4.69, 9.17) is 0 Å². The maximum atomic E-state index is 12.1. The number of carbonyl (C=O) groups is 1. The molecule has 21 heavy (non-hydrogen) atoms. The molecule has 1 aromatic carbocycles. The van der Waals surface area contributed by atoms with Gasteiger partial charge in [-0.05, 0) is 11.5 Å². The van der Waals surface area contributed by atoms with Crippen LogP contribution in [-0.2, 0) is 0 Å². The molecule has 0 bridgehead atoms. The first-order valence-corrected chi connectivity index (χ1v) is 6.33. The minimum absolute atomic E-state index is 0.0835. The molecule has 2 aromatic rings. The number of hydrogen-bond acceptors (Lipinski definition) is 3. The van der Waals surface area contributed by atoms with Crippen molar-refractivity contribution < 1.29 is 18.0 Å². The largest absolute Gasteiger partial charge is 0.390 e. The Hall–Kier alpha value is -2.31. The number of pyridine rings is 1. The Bertz CT molecular complexity index is 655. The van der Waals surface area contributed by atoms with Crippen LogP contribution in [0.4, 0.5) is 19.0 Å². The molecular weight excluding hydrogens is 283 g/mol. The Kier molecular flexibility index (Phi) is 4.30. The SMILES string of the molecule is CNc1nc(C(=O)NCCC(F)(F)F)cc2ccccc12. The van der Waals surface area contributed by atoms with Gasteiger partial charge in [-0.3, -0.25) is 4.79 Å². The highest BCUT2D eigenvalue weighted by molar-refractivity contribution is 6.00. The van der Waals surface area contributed by atoms with E-state index in [9.17, 15) is 18.0 Å². The van der Waals surface area contributed by atoms with Gasteiger partial charge in [-0.15, -0.1) is 0 Å². The van der Waals surface area contributed by atoms with Crippen LogP contribution in [0.1, 0.15) is 16.9 Å². The number of benzene rings is 1. The molecule has 0 saturated heterocycles. The monoisotopic (exact) mass is 297 g/mol. The summed E-state index contributed by atoms with van der Waals surface area (Å²) < 4.78 is 36.2. The highest BCUT2D eigenvalue weighted by atomic mass is 19.4. The Morgan fingerprint density at radius 2 is 2.00 bits per heavy atom. The summed E-state index contributed by atoms with van der Waals surface area (Å²) in [5, 5.41) is 6.73. The van der Waals surface area contributed by atoms with E-state index >= 15 is 0 Å². The summed E-state index contributed by atoms with van der Waals surface area (Å²) in [6.07, 6.45) is -5.36. The molecule has 0 saturated carbocycles. The third-order valence-corrected chi connectivity index (χ3v) is 2.90. The van der Waals surface area contributed by atoms with E-state index in [0.29, 0.717) is 5.82 Å². The molecule has 4 nitrogen and oxygen atoms in total. The molecule has 0 atom stereocenters. The molecule has 0 radical (unpaired) electrons. The van der Waals surface area contributed by atoms with Gasteiger partial charge < -0.3 is 10.6 Å². The molecule has 112 valence electrons. The summed E-state index contributed by atoms with van der Waals surface area (Å²) in [5.41, 5.74) is 0.0835. The average molecular weight is 297 g/mol. The van der Waals surface area contributed by atoms with Crippen LogP contribution in [0.15, 0.2) is 30.3 Å². The van der Waals surface area contributed by atoms with Gasteiger partial charge in [0.15, 0.2) is 0 Å². The number of alkyl halides is 3. The van der Waals surface area contributed by atoms with Gasteiger partial charge in [0.1, 0.15) is 11.5 Å². The number of anilines is 1. The Morgan fingerprint density at radius 1 is 1.29 bits per heavy atom. The lowest BCUT2D eigenvalue weighted by atomic mass is 10.1. The molecule has 0 aliphatic carbocycles. The lowest BCUT2D eigenvalue weighted by Gasteiger charge is -2.10. The highest BCUT2D eigenvalue weighted by Gasteiger charge is 2.26. The summed E-state index contributed by atoms with van der Waals surface area (Å²) in [7, 11) is 1.67. The fourth-order valence-corrected chi connectivity index (χ4v) is 1.91. The number of hydrogen-bond donors (Lipinski definition) is 2. The van der Waals surface area contributed by atoms with Crippen molar-refractivity contribution in [2.45, 2.75) is 12.6 Å². The molecular formula is C14H14F3N3O. The van der Waals surface area contributed by atoms with Crippen molar-refractivity contribution in [3.05, 3.63) is 36.0 Å². The minimum Gasteiger partial charge on any atom is -0.373 e. The summed E-state index contributed by atoms with van der Waals surface area (Å²) in [4.78, 5) is 16.0. The summed E-state index contributed by atoms with van der Waals surface area (Å²) in [6, 6.07) is 8.87. The molecule has 0 fully saturated rings. The minimum atomic E-state index is -4.29. The van der Waals surface area contributed by atoms with E-state index in [2.05, 4.69) is 15.6 Å². The van der Waals surface area contributed by atoms with Gasteiger partial charge in [-0.1, -0.05) is 24.3 Å². The van der Waals surface area contributed by atoms with Crippen molar-refractivity contribution in [1.82, 2.24) is 10.3 Å². The van der Waals surface area contributed by atoms with Crippen molar-refractivity contribution in [1.29, 1.82) is 0 Å². The quantitative estimate of drug-likeness (QED) is 0.912. The second-order valence-corrected chi connectivity index (χ2v) is 4.45. The van der Waals surface area contributed by atoms with E-state index in [0.717, 1.165) is 10.8 Å².